The lowest BCUT2D eigenvalue weighted by atomic mass is 10.0. The summed E-state index contributed by atoms with van der Waals surface area (Å²) in [7, 11) is 0. The van der Waals surface area contributed by atoms with Crippen LogP contribution in [0.1, 0.15) is 34.1 Å². The second-order valence-corrected chi connectivity index (χ2v) is 3.49. The molecule has 0 saturated carbocycles. The van der Waals surface area contributed by atoms with Crippen molar-refractivity contribution in [3.05, 3.63) is 0 Å². The highest BCUT2D eigenvalue weighted by atomic mass is 16.5. The number of rotatable bonds is 6. The van der Waals surface area contributed by atoms with E-state index in [1.165, 1.54) is 0 Å². The van der Waals surface area contributed by atoms with Crippen LogP contribution in [0.25, 0.3) is 0 Å². The van der Waals surface area contributed by atoms with E-state index in [0.29, 0.717) is 12.5 Å². The number of hydrogen-bond acceptors (Lipinski definition) is 3. The molecule has 0 bridgehead atoms. The smallest absolute Gasteiger partial charge is 0.323 e. The molecule has 0 aromatic rings. The Morgan fingerprint density at radius 3 is 2.38 bits per heavy atom. The van der Waals surface area contributed by atoms with Crippen LogP contribution >= 0.6 is 0 Å². The number of likely N-dealkylation sites (N-methyl/N-ethyl adjacent to an activating group) is 1. The monoisotopic (exact) mass is 187 g/mol. The lowest BCUT2D eigenvalue weighted by Crippen LogP contribution is -2.38. The molecule has 3 nitrogen and oxygen atoms in total. The van der Waals surface area contributed by atoms with E-state index < -0.39 is 0 Å². The number of hydrogen-bond donors (Lipinski definition) is 1. The molecule has 13 heavy (non-hydrogen) atoms. The van der Waals surface area contributed by atoms with Gasteiger partial charge in [0.05, 0.1) is 6.61 Å². The minimum absolute atomic E-state index is 0.127. The van der Waals surface area contributed by atoms with Crippen molar-refractivity contribution in [3.8, 4) is 0 Å². The summed E-state index contributed by atoms with van der Waals surface area (Å²) in [6, 6.07) is -0.134. The van der Waals surface area contributed by atoms with Gasteiger partial charge in [0.15, 0.2) is 0 Å². The SMILES string of the molecule is CCN[C@@H](CC(C)C)C(=O)OCC. The largest absolute Gasteiger partial charge is 0.465 e. The third-order valence-electron chi connectivity index (χ3n) is 1.73. The lowest BCUT2D eigenvalue weighted by molar-refractivity contribution is -0.146. The van der Waals surface area contributed by atoms with Gasteiger partial charge in [-0.05, 0) is 25.8 Å². The van der Waals surface area contributed by atoms with Gasteiger partial charge in [-0.2, -0.15) is 0 Å². The second-order valence-electron chi connectivity index (χ2n) is 3.49. The Labute approximate surface area is 80.8 Å². The van der Waals surface area contributed by atoms with Crippen LogP contribution < -0.4 is 5.32 Å². The van der Waals surface area contributed by atoms with Crippen molar-refractivity contribution < 1.29 is 9.53 Å². The molecular weight excluding hydrogens is 166 g/mol. The Balaban J connectivity index is 3.98. The molecule has 0 saturated heterocycles. The summed E-state index contributed by atoms with van der Waals surface area (Å²) in [6.45, 7) is 9.28. The standard InChI is InChI=1S/C10H21NO2/c1-5-11-9(7-8(3)4)10(12)13-6-2/h8-9,11H,5-7H2,1-4H3/t9-/m0/s1. The van der Waals surface area contributed by atoms with Gasteiger partial charge in [-0.1, -0.05) is 20.8 Å². The van der Waals surface area contributed by atoms with Crippen LogP contribution in [-0.4, -0.2) is 25.2 Å². The van der Waals surface area contributed by atoms with E-state index in [0.717, 1.165) is 13.0 Å². The highest BCUT2D eigenvalue weighted by Gasteiger charge is 2.19. The van der Waals surface area contributed by atoms with Crippen LogP contribution in [0.3, 0.4) is 0 Å². The van der Waals surface area contributed by atoms with Crippen molar-refractivity contribution in [2.45, 2.75) is 40.2 Å². The first-order valence-electron chi connectivity index (χ1n) is 5.01. The first-order valence-corrected chi connectivity index (χ1v) is 5.01. The van der Waals surface area contributed by atoms with Crippen molar-refractivity contribution in [3.63, 3.8) is 0 Å². The fraction of sp³-hybridized carbons (Fsp3) is 0.900. The van der Waals surface area contributed by atoms with E-state index >= 15 is 0 Å². The Morgan fingerprint density at radius 2 is 2.00 bits per heavy atom. The summed E-state index contributed by atoms with van der Waals surface area (Å²) >= 11 is 0. The summed E-state index contributed by atoms with van der Waals surface area (Å²) < 4.78 is 4.96. The molecule has 0 radical (unpaired) electrons. The average molecular weight is 187 g/mol. The van der Waals surface area contributed by atoms with E-state index in [1.54, 1.807) is 0 Å². The maximum atomic E-state index is 11.4. The lowest BCUT2D eigenvalue weighted by Gasteiger charge is -2.17. The van der Waals surface area contributed by atoms with Crippen molar-refractivity contribution in [2.75, 3.05) is 13.2 Å². The van der Waals surface area contributed by atoms with Gasteiger partial charge in [-0.3, -0.25) is 4.79 Å². The molecule has 0 fully saturated rings. The quantitative estimate of drug-likeness (QED) is 0.641. The molecule has 0 aliphatic heterocycles. The summed E-state index contributed by atoms with van der Waals surface area (Å²) in [5, 5.41) is 3.12. The Hall–Kier alpha value is -0.570. The van der Waals surface area contributed by atoms with Gasteiger partial charge in [-0.15, -0.1) is 0 Å². The fourth-order valence-corrected chi connectivity index (χ4v) is 1.22. The molecule has 1 atom stereocenters. The van der Waals surface area contributed by atoms with Crippen molar-refractivity contribution in [1.82, 2.24) is 5.32 Å². The molecule has 0 rings (SSSR count). The topological polar surface area (TPSA) is 38.3 Å². The van der Waals surface area contributed by atoms with Gasteiger partial charge in [0, 0.05) is 0 Å². The van der Waals surface area contributed by atoms with Crippen LogP contribution in [0, 0.1) is 5.92 Å². The average Bonchev–Trinajstić information content (AvgIpc) is 2.03. The molecular formula is C10H21NO2. The maximum Gasteiger partial charge on any atom is 0.323 e. The molecule has 0 amide bonds. The zero-order chi connectivity index (χ0) is 10.3. The van der Waals surface area contributed by atoms with Crippen LogP contribution in [-0.2, 0) is 9.53 Å². The molecule has 0 aromatic carbocycles. The van der Waals surface area contributed by atoms with Crippen LogP contribution in [0.2, 0.25) is 0 Å². The van der Waals surface area contributed by atoms with E-state index in [2.05, 4.69) is 19.2 Å². The molecule has 0 spiro atoms. The number of ether oxygens (including phenoxy) is 1. The molecule has 78 valence electrons. The minimum Gasteiger partial charge on any atom is -0.465 e. The van der Waals surface area contributed by atoms with E-state index in [1.807, 2.05) is 13.8 Å². The Kier molecular flexibility index (Phi) is 6.59. The van der Waals surface area contributed by atoms with Gasteiger partial charge in [0.1, 0.15) is 6.04 Å². The van der Waals surface area contributed by atoms with E-state index in [9.17, 15) is 4.79 Å². The number of esters is 1. The molecule has 0 aromatic heterocycles. The van der Waals surface area contributed by atoms with Gasteiger partial charge >= 0.3 is 5.97 Å². The first-order chi connectivity index (χ1) is 6.11. The molecule has 0 unspecified atom stereocenters. The third kappa shape index (κ3) is 5.64. The van der Waals surface area contributed by atoms with Crippen molar-refractivity contribution >= 4 is 5.97 Å². The zero-order valence-electron chi connectivity index (χ0n) is 9.09. The summed E-state index contributed by atoms with van der Waals surface area (Å²) in [5.41, 5.74) is 0. The van der Waals surface area contributed by atoms with Gasteiger partial charge < -0.3 is 10.1 Å². The van der Waals surface area contributed by atoms with Gasteiger partial charge in [0.2, 0.25) is 0 Å². The number of nitrogens with one attached hydrogen (secondary N) is 1. The molecule has 3 heteroatoms. The van der Waals surface area contributed by atoms with Gasteiger partial charge in [0.25, 0.3) is 0 Å². The summed E-state index contributed by atoms with van der Waals surface area (Å²) in [6.07, 6.45) is 0.840. The van der Waals surface area contributed by atoms with Crippen molar-refractivity contribution in [2.24, 2.45) is 5.92 Å². The van der Waals surface area contributed by atoms with Gasteiger partial charge in [-0.25, -0.2) is 0 Å². The van der Waals surface area contributed by atoms with E-state index in [4.69, 9.17) is 4.74 Å². The number of carbonyl (C=O) groups is 1. The number of carbonyl (C=O) groups excluding carboxylic acids is 1. The molecule has 0 heterocycles. The van der Waals surface area contributed by atoms with Crippen molar-refractivity contribution in [1.29, 1.82) is 0 Å². The maximum absolute atomic E-state index is 11.4. The molecule has 1 N–H and O–H groups in total. The minimum atomic E-state index is -0.134. The Bertz CT molecular complexity index is 146. The highest BCUT2D eigenvalue weighted by Crippen LogP contribution is 2.06. The predicted octanol–water partition coefficient (Wildman–Crippen LogP) is 1.57. The summed E-state index contributed by atoms with van der Waals surface area (Å²) in [4.78, 5) is 11.4. The normalized spacial score (nSPS) is 13.0. The molecule has 0 aliphatic carbocycles. The highest BCUT2D eigenvalue weighted by molar-refractivity contribution is 5.75. The zero-order valence-corrected chi connectivity index (χ0v) is 9.09. The van der Waals surface area contributed by atoms with Crippen LogP contribution in [0.5, 0.6) is 0 Å². The van der Waals surface area contributed by atoms with E-state index in [-0.39, 0.29) is 12.0 Å². The third-order valence-corrected chi connectivity index (χ3v) is 1.73. The predicted molar refractivity (Wildman–Crippen MR) is 53.6 cm³/mol. The van der Waals surface area contributed by atoms with Crippen LogP contribution in [0.4, 0.5) is 0 Å². The first kappa shape index (κ1) is 12.4. The Morgan fingerprint density at radius 1 is 1.38 bits per heavy atom. The summed E-state index contributed by atoms with van der Waals surface area (Å²) in [5.74, 6) is 0.381. The second kappa shape index (κ2) is 6.89. The molecule has 0 aliphatic rings. The van der Waals surface area contributed by atoms with Crippen LogP contribution in [0.15, 0.2) is 0 Å². The fourth-order valence-electron chi connectivity index (χ4n) is 1.22.